The summed E-state index contributed by atoms with van der Waals surface area (Å²) in [5.74, 6) is 0.0207. The molecule has 204 valence electrons. The predicted molar refractivity (Wildman–Crippen MR) is 143 cm³/mol. The quantitative estimate of drug-likeness (QED) is 0.187. The number of hydrogen-bond acceptors (Lipinski definition) is 6. The molecule has 6 nitrogen and oxygen atoms in total. The molecular formula is C27H56O6Si. The molecule has 34 heavy (non-hydrogen) atoms. The molecular weight excluding hydrogens is 448 g/mol. The normalized spacial score (nSPS) is 19.1. The van der Waals surface area contributed by atoms with E-state index in [4.69, 9.17) is 18.6 Å². The second kappa shape index (κ2) is 15.6. The zero-order valence-corrected chi connectivity index (χ0v) is 25.3. The van der Waals surface area contributed by atoms with Crippen LogP contribution in [0.5, 0.6) is 0 Å². The number of aliphatic hydroxyl groups is 1. The van der Waals surface area contributed by atoms with Crippen LogP contribution in [0.1, 0.15) is 87.5 Å². The fourth-order valence-electron chi connectivity index (χ4n) is 4.29. The van der Waals surface area contributed by atoms with Gasteiger partial charge in [-0.2, -0.15) is 0 Å². The van der Waals surface area contributed by atoms with Gasteiger partial charge in [0.1, 0.15) is 6.10 Å². The molecule has 0 unspecified atom stereocenters. The van der Waals surface area contributed by atoms with Gasteiger partial charge in [-0.15, -0.1) is 0 Å². The number of aliphatic hydroxyl groups excluding tert-OH is 1. The molecule has 0 aliphatic carbocycles. The molecule has 0 aromatic heterocycles. The summed E-state index contributed by atoms with van der Waals surface area (Å²) in [5.41, 5.74) is 0. The molecule has 0 aliphatic heterocycles. The molecule has 7 atom stereocenters. The second-order valence-corrected chi connectivity index (χ2v) is 16.3. The first-order valence-corrected chi connectivity index (χ1v) is 16.1. The van der Waals surface area contributed by atoms with E-state index in [0.717, 1.165) is 25.7 Å². The summed E-state index contributed by atoms with van der Waals surface area (Å²) in [7, 11) is 1.58. The predicted octanol–water partition coefficient (Wildman–Crippen LogP) is 6.21. The number of rotatable bonds is 17. The molecule has 0 aliphatic rings. The van der Waals surface area contributed by atoms with Crippen molar-refractivity contribution in [1.82, 2.24) is 0 Å². The molecule has 7 heteroatoms. The lowest BCUT2D eigenvalue weighted by atomic mass is 9.85. The summed E-state index contributed by atoms with van der Waals surface area (Å²) in [6, 6.07) is 0. The molecule has 0 spiro atoms. The minimum Gasteiger partial charge on any atom is -0.462 e. The topological polar surface area (TPSA) is 74.2 Å². The van der Waals surface area contributed by atoms with Crippen LogP contribution >= 0.6 is 0 Å². The minimum absolute atomic E-state index is 0.0267. The molecule has 0 heterocycles. The average Bonchev–Trinajstić information content (AvgIpc) is 2.77. The van der Waals surface area contributed by atoms with Crippen LogP contribution in [0.4, 0.5) is 0 Å². The van der Waals surface area contributed by atoms with Crippen LogP contribution in [0, 0.1) is 17.8 Å². The van der Waals surface area contributed by atoms with E-state index in [1.165, 1.54) is 0 Å². The fourth-order valence-corrected chi connectivity index (χ4v) is 5.74. The third-order valence-corrected chi connectivity index (χ3v) is 12.4. The van der Waals surface area contributed by atoms with E-state index in [2.05, 4.69) is 47.7 Å². The van der Waals surface area contributed by atoms with Crippen molar-refractivity contribution in [2.24, 2.45) is 17.8 Å². The number of methoxy groups -OCH3 is 2. The smallest absolute Gasteiger partial charge is 0.305 e. The average molecular weight is 505 g/mol. The Morgan fingerprint density at radius 3 is 1.94 bits per heavy atom. The molecule has 0 saturated carbocycles. The standard InChI is InChI=1S/C27H56O6Si/c1-13-22(33-34(11,12)27(6,7)8)17-24(30-9)19(3)15-16-23(32-25(29)14-2)21(5)26(31-10)20(4)18-28/h19-24,26,28H,13-18H2,1-12H3/t19-,20+,21-,22+,23-,24-,26+/m0/s1. The minimum atomic E-state index is -1.86. The van der Waals surface area contributed by atoms with E-state index >= 15 is 0 Å². The van der Waals surface area contributed by atoms with E-state index in [0.29, 0.717) is 6.42 Å². The van der Waals surface area contributed by atoms with E-state index < -0.39 is 8.32 Å². The van der Waals surface area contributed by atoms with Crippen molar-refractivity contribution in [2.45, 2.75) is 130 Å². The Kier molecular flexibility index (Phi) is 15.4. The van der Waals surface area contributed by atoms with Gasteiger partial charge in [-0.3, -0.25) is 4.79 Å². The third kappa shape index (κ3) is 10.6. The van der Waals surface area contributed by atoms with Gasteiger partial charge in [-0.05, 0) is 49.7 Å². The number of ether oxygens (including phenoxy) is 3. The number of hydrogen-bond donors (Lipinski definition) is 1. The summed E-state index contributed by atoms with van der Waals surface area (Å²) in [4.78, 5) is 12.2. The lowest BCUT2D eigenvalue weighted by molar-refractivity contribution is -0.156. The van der Waals surface area contributed by atoms with E-state index in [1.807, 2.05) is 20.8 Å². The highest BCUT2D eigenvalue weighted by Crippen LogP contribution is 2.38. The van der Waals surface area contributed by atoms with Crippen LogP contribution in [-0.4, -0.2) is 64.6 Å². The van der Waals surface area contributed by atoms with Crippen molar-refractivity contribution in [3.05, 3.63) is 0 Å². The van der Waals surface area contributed by atoms with Crippen LogP contribution in [0.25, 0.3) is 0 Å². The zero-order chi connectivity index (χ0) is 26.7. The van der Waals surface area contributed by atoms with Gasteiger partial charge in [0.2, 0.25) is 0 Å². The Balaban J connectivity index is 5.34. The van der Waals surface area contributed by atoms with Crippen molar-refractivity contribution >= 4 is 14.3 Å². The zero-order valence-electron chi connectivity index (χ0n) is 24.3. The highest BCUT2D eigenvalue weighted by Gasteiger charge is 2.39. The molecule has 0 aromatic carbocycles. The largest absolute Gasteiger partial charge is 0.462 e. The molecule has 0 fully saturated rings. The SMILES string of the molecule is CCC(=O)O[C@@H](CC[C@H](C)[C@H](C[C@@H](CC)O[Si](C)(C)C(C)(C)C)OC)[C@H](C)[C@H](OC)[C@H](C)CO. The summed E-state index contributed by atoms with van der Waals surface area (Å²) in [6.07, 6.45) is 3.55. The maximum absolute atomic E-state index is 12.2. The first-order chi connectivity index (χ1) is 15.7. The van der Waals surface area contributed by atoms with Crippen LogP contribution < -0.4 is 0 Å². The van der Waals surface area contributed by atoms with Crippen molar-refractivity contribution < 1.29 is 28.5 Å². The molecule has 0 radical (unpaired) electrons. The second-order valence-electron chi connectivity index (χ2n) is 11.6. The van der Waals surface area contributed by atoms with E-state index in [-0.39, 0.29) is 59.8 Å². The maximum Gasteiger partial charge on any atom is 0.305 e. The molecule has 0 rings (SSSR count). The number of carbonyl (C=O) groups is 1. The first kappa shape index (κ1) is 33.5. The van der Waals surface area contributed by atoms with Crippen molar-refractivity contribution in [1.29, 1.82) is 0 Å². The Morgan fingerprint density at radius 1 is 0.941 bits per heavy atom. The van der Waals surface area contributed by atoms with Gasteiger partial charge in [0.25, 0.3) is 0 Å². The van der Waals surface area contributed by atoms with Crippen LogP contribution in [0.3, 0.4) is 0 Å². The molecule has 0 amide bonds. The summed E-state index contributed by atoms with van der Waals surface area (Å²) >= 11 is 0. The molecule has 0 bridgehead atoms. The van der Waals surface area contributed by atoms with Gasteiger partial charge >= 0.3 is 5.97 Å². The lowest BCUT2D eigenvalue weighted by Crippen LogP contribution is -2.45. The Bertz CT molecular complexity index is 562. The third-order valence-electron chi connectivity index (χ3n) is 7.86. The highest BCUT2D eigenvalue weighted by molar-refractivity contribution is 6.74. The number of carbonyl (C=O) groups excluding carboxylic acids is 1. The van der Waals surface area contributed by atoms with Gasteiger partial charge in [0.05, 0.1) is 12.2 Å². The summed E-state index contributed by atoms with van der Waals surface area (Å²) in [5, 5.41) is 9.81. The van der Waals surface area contributed by atoms with Gasteiger partial charge in [0.15, 0.2) is 8.32 Å². The molecule has 0 aromatic rings. The molecule has 1 N–H and O–H groups in total. The van der Waals surface area contributed by atoms with E-state index in [1.54, 1.807) is 14.2 Å². The Morgan fingerprint density at radius 2 is 1.53 bits per heavy atom. The van der Waals surface area contributed by atoms with Crippen molar-refractivity contribution in [3.8, 4) is 0 Å². The Hall–Kier alpha value is -0.473. The Labute approximate surface area is 211 Å². The van der Waals surface area contributed by atoms with Gasteiger partial charge in [0, 0.05) is 45.2 Å². The monoisotopic (exact) mass is 504 g/mol. The first-order valence-electron chi connectivity index (χ1n) is 13.2. The fraction of sp³-hybridized carbons (Fsp3) is 0.963. The van der Waals surface area contributed by atoms with Crippen molar-refractivity contribution in [2.75, 3.05) is 20.8 Å². The number of esters is 1. The summed E-state index contributed by atoms with van der Waals surface area (Å²) < 4.78 is 24.2. The van der Waals surface area contributed by atoms with Gasteiger partial charge in [-0.1, -0.05) is 55.4 Å². The van der Waals surface area contributed by atoms with Crippen molar-refractivity contribution in [3.63, 3.8) is 0 Å². The van der Waals surface area contributed by atoms with Gasteiger partial charge in [-0.25, -0.2) is 0 Å². The maximum atomic E-state index is 12.2. The highest BCUT2D eigenvalue weighted by atomic mass is 28.4. The van der Waals surface area contributed by atoms with Crippen LogP contribution in [0.15, 0.2) is 0 Å². The molecule has 0 saturated heterocycles. The van der Waals surface area contributed by atoms with Crippen LogP contribution in [0.2, 0.25) is 18.1 Å². The summed E-state index contributed by atoms with van der Waals surface area (Å²) in [6.45, 7) is 21.7. The van der Waals surface area contributed by atoms with E-state index in [9.17, 15) is 9.90 Å². The van der Waals surface area contributed by atoms with Gasteiger partial charge < -0.3 is 23.7 Å². The lowest BCUT2D eigenvalue weighted by Gasteiger charge is -2.40. The van der Waals surface area contributed by atoms with Crippen LogP contribution in [-0.2, 0) is 23.4 Å².